The van der Waals surface area contributed by atoms with Gasteiger partial charge < -0.3 is 5.32 Å². The van der Waals surface area contributed by atoms with Crippen molar-refractivity contribution in [2.45, 2.75) is 58.0 Å². The van der Waals surface area contributed by atoms with Crippen molar-refractivity contribution in [3.63, 3.8) is 0 Å². The van der Waals surface area contributed by atoms with Crippen LogP contribution in [-0.2, 0) is 4.79 Å². The van der Waals surface area contributed by atoms with Gasteiger partial charge in [-0.3, -0.25) is 10.1 Å². The lowest BCUT2D eigenvalue weighted by atomic mass is 10.0. The standard InChI is InChI=1S/C16H23BrN2O/c1-3-4-5-6-7-11(2)18-15-13-9-8-12(17)10-14(13)19-16(15)20/h8-11,15,18H,3-7H2,1-2H3,(H,19,20). The monoisotopic (exact) mass is 338 g/mol. The van der Waals surface area contributed by atoms with E-state index in [0.29, 0.717) is 6.04 Å². The number of hydrogen-bond acceptors (Lipinski definition) is 2. The molecule has 0 saturated heterocycles. The van der Waals surface area contributed by atoms with E-state index in [-0.39, 0.29) is 11.9 Å². The average Bonchev–Trinajstić information content (AvgIpc) is 2.70. The van der Waals surface area contributed by atoms with Crippen LogP contribution in [0.4, 0.5) is 5.69 Å². The van der Waals surface area contributed by atoms with Gasteiger partial charge in [-0.15, -0.1) is 0 Å². The van der Waals surface area contributed by atoms with E-state index in [1.807, 2.05) is 18.2 Å². The molecule has 1 aliphatic rings. The van der Waals surface area contributed by atoms with Gasteiger partial charge in [-0.2, -0.15) is 0 Å². The quantitative estimate of drug-likeness (QED) is 0.724. The molecular weight excluding hydrogens is 316 g/mol. The van der Waals surface area contributed by atoms with Crippen LogP contribution in [0.15, 0.2) is 22.7 Å². The molecule has 0 radical (unpaired) electrons. The van der Waals surface area contributed by atoms with Crippen molar-refractivity contribution in [2.24, 2.45) is 0 Å². The van der Waals surface area contributed by atoms with E-state index in [2.05, 4.69) is 40.4 Å². The lowest BCUT2D eigenvalue weighted by Crippen LogP contribution is -2.34. The number of carbonyl (C=O) groups excluding carboxylic acids is 1. The predicted octanol–water partition coefficient (Wildman–Crippen LogP) is 4.39. The number of carbonyl (C=O) groups is 1. The van der Waals surface area contributed by atoms with Crippen LogP contribution < -0.4 is 10.6 Å². The molecule has 0 aromatic heterocycles. The van der Waals surface area contributed by atoms with Gasteiger partial charge in [0.2, 0.25) is 5.91 Å². The van der Waals surface area contributed by atoms with Gasteiger partial charge in [0.25, 0.3) is 0 Å². The number of unbranched alkanes of at least 4 members (excludes halogenated alkanes) is 3. The van der Waals surface area contributed by atoms with Crippen molar-refractivity contribution >= 4 is 27.5 Å². The van der Waals surface area contributed by atoms with E-state index in [0.717, 1.165) is 22.1 Å². The molecule has 2 N–H and O–H groups in total. The maximum atomic E-state index is 12.1. The van der Waals surface area contributed by atoms with E-state index in [1.165, 1.54) is 25.7 Å². The van der Waals surface area contributed by atoms with E-state index < -0.39 is 0 Å². The molecule has 1 amide bonds. The summed E-state index contributed by atoms with van der Waals surface area (Å²) >= 11 is 3.43. The lowest BCUT2D eigenvalue weighted by Gasteiger charge is -2.18. The highest BCUT2D eigenvalue weighted by molar-refractivity contribution is 9.10. The lowest BCUT2D eigenvalue weighted by molar-refractivity contribution is -0.117. The molecule has 2 rings (SSSR count). The maximum Gasteiger partial charge on any atom is 0.246 e. The van der Waals surface area contributed by atoms with E-state index in [9.17, 15) is 4.79 Å². The third kappa shape index (κ3) is 3.83. The van der Waals surface area contributed by atoms with Gasteiger partial charge in [0.15, 0.2) is 0 Å². The van der Waals surface area contributed by atoms with Crippen LogP contribution in [0.1, 0.15) is 57.6 Å². The second-order valence-electron chi connectivity index (χ2n) is 5.57. The number of halogens is 1. The van der Waals surface area contributed by atoms with Crippen molar-refractivity contribution in [3.8, 4) is 0 Å². The van der Waals surface area contributed by atoms with Gasteiger partial charge in [-0.1, -0.05) is 54.6 Å². The summed E-state index contributed by atoms with van der Waals surface area (Å²) in [6.07, 6.45) is 6.19. The normalized spacial score (nSPS) is 18.8. The molecule has 0 aliphatic carbocycles. The minimum absolute atomic E-state index is 0.0542. The molecule has 1 aliphatic heterocycles. The Morgan fingerprint density at radius 3 is 2.90 bits per heavy atom. The number of hydrogen-bond donors (Lipinski definition) is 2. The number of fused-ring (bicyclic) bond motifs is 1. The summed E-state index contributed by atoms with van der Waals surface area (Å²) in [6, 6.07) is 6.11. The average molecular weight is 339 g/mol. The first-order valence-corrected chi connectivity index (χ1v) is 8.27. The molecular formula is C16H23BrN2O. The van der Waals surface area contributed by atoms with Crippen LogP contribution >= 0.6 is 15.9 Å². The molecule has 1 aromatic carbocycles. The maximum absolute atomic E-state index is 12.1. The number of nitrogens with one attached hydrogen (secondary N) is 2. The Balaban J connectivity index is 1.91. The van der Waals surface area contributed by atoms with E-state index in [1.54, 1.807) is 0 Å². The topological polar surface area (TPSA) is 41.1 Å². The summed E-state index contributed by atoms with van der Waals surface area (Å²) in [5, 5.41) is 6.39. The van der Waals surface area contributed by atoms with Crippen molar-refractivity contribution in [3.05, 3.63) is 28.2 Å². The molecule has 0 spiro atoms. The second-order valence-corrected chi connectivity index (χ2v) is 6.49. The van der Waals surface area contributed by atoms with E-state index in [4.69, 9.17) is 0 Å². The minimum Gasteiger partial charge on any atom is -0.324 e. The van der Waals surface area contributed by atoms with Crippen LogP contribution in [0, 0.1) is 0 Å². The van der Waals surface area contributed by atoms with Gasteiger partial charge in [-0.05, 0) is 25.5 Å². The molecule has 0 fully saturated rings. The highest BCUT2D eigenvalue weighted by atomic mass is 79.9. The Labute approximate surface area is 129 Å². The summed E-state index contributed by atoms with van der Waals surface area (Å²) in [5.74, 6) is 0.0542. The zero-order valence-electron chi connectivity index (χ0n) is 12.2. The summed E-state index contributed by atoms with van der Waals surface area (Å²) in [7, 11) is 0. The van der Waals surface area contributed by atoms with Crippen molar-refractivity contribution in [2.75, 3.05) is 5.32 Å². The first kappa shape index (κ1) is 15.5. The zero-order chi connectivity index (χ0) is 14.5. The van der Waals surface area contributed by atoms with Gasteiger partial charge in [-0.25, -0.2) is 0 Å². The van der Waals surface area contributed by atoms with Crippen LogP contribution in [0.5, 0.6) is 0 Å². The first-order valence-electron chi connectivity index (χ1n) is 7.48. The SMILES string of the molecule is CCCCCCC(C)NC1C(=O)Nc2cc(Br)ccc21. The fourth-order valence-corrected chi connectivity index (χ4v) is 3.01. The Morgan fingerprint density at radius 1 is 1.35 bits per heavy atom. The second kappa shape index (κ2) is 7.23. The number of benzene rings is 1. The van der Waals surface area contributed by atoms with Gasteiger partial charge >= 0.3 is 0 Å². The Hall–Kier alpha value is -0.870. The van der Waals surface area contributed by atoms with Gasteiger partial charge in [0.05, 0.1) is 0 Å². The third-order valence-electron chi connectivity index (χ3n) is 3.79. The van der Waals surface area contributed by atoms with Crippen LogP contribution in [0.3, 0.4) is 0 Å². The molecule has 20 heavy (non-hydrogen) atoms. The number of anilines is 1. The summed E-state index contributed by atoms with van der Waals surface area (Å²) in [6.45, 7) is 4.38. The highest BCUT2D eigenvalue weighted by Crippen LogP contribution is 2.33. The molecule has 0 bridgehead atoms. The molecule has 3 nitrogen and oxygen atoms in total. The molecule has 1 aromatic rings. The summed E-state index contributed by atoms with van der Waals surface area (Å²) in [4.78, 5) is 12.1. The Kier molecular flexibility index (Phi) is 5.61. The predicted molar refractivity (Wildman–Crippen MR) is 86.9 cm³/mol. The van der Waals surface area contributed by atoms with Crippen molar-refractivity contribution < 1.29 is 4.79 Å². The highest BCUT2D eigenvalue weighted by Gasteiger charge is 2.31. The smallest absolute Gasteiger partial charge is 0.246 e. The van der Waals surface area contributed by atoms with Gasteiger partial charge in [0, 0.05) is 21.8 Å². The summed E-state index contributed by atoms with van der Waals surface area (Å²) in [5.41, 5.74) is 1.97. The zero-order valence-corrected chi connectivity index (χ0v) is 13.8. The van der Waals surface area contributed by atoms with Crippen LogP contribution in [0.25, 0.3) is 0 Å². The Morgan fingerprint density at radius 2 is 2.15 bits per heavy atom. The van der Waals surface area contributed by atoms with Crippen LogP contribution in [-0.4, -0.2) is 11.9 Å². The van der Waals surface area contributed by atoms with E-state index >= 15 is 0 Å². The number of amides is 1. The fraction of sp³-hybridized carbons (Fsp3) is 0.562. The van der Waals surface area contributed by atoms with Crippen molar-refractivity contribution in [1.82, 2.24) is 5.32 Å². The van der Waals surface area contributed by atoms with Crippen LogP contribution in [0.2, 0.25) is 0 Å². The first-order chi connectivity index (χ1) is 9.61. The van der Waals surface area contributed by atoms with Gasteiger partial charge in [0.1, 0.15) is 6.04 Å². The molecule has 2 unspecified atom stereocenters. The largest absolute Gasteiger partial charge is 0.324 e. The fourth-order valence-electron chi connectivity index (χ4n) is 2.65. The third-order valence-corrected chi connectivity index (χ3v) is 4.28. The van der Waals surface area contributed by atoms with Crippen molar-refractivity contribution in [1.29, 1.82) is 0 Å². The molecule has 1 heterocycles. The number of rotatable bonds is 7. The molecule has 4 heteroatoms. The molecule has 110 valence electrons. The molecule has 2 atom stereocenters. The molecule has 0 saturated carbocycles. The Bertz CT molecular complexity index is 476. The summed E-state index contributed by atoms with van der Waals surface area (Å²) < 4.78 is 0.991. The minimum atomic E-state index is -0.209.